The first kappa shape index (κ1) is 20.2. The van der Waals surface area contributed by atoms with E-state index in [2.05, 4.69) is 70.1 Å². The Morgan fingerprint density at radius 1 is 1.40 bits per heavy atom. The Balaban J connectivity index is 2.47. The van der Waals surface area contributed by atoms with Gasteiger partial charge in [-0.3, -0.25) is 0 Å². The Labute approximate surface area is 155 Å². The minimum atomic E-state index is -1.42. The molecular formula is C22H34O2Si. The Hall–Kier alpha value is -1.11. The van der Waals surface area contributed by atoms with E-state index in [4.69, 9.17) is 4.74 Å². The van der Waals surface area contributed by atoms with Crippen molar-refractivity contribution in [2.24, 2.45) is 23.2 Å². The second kappa shape index (κ2) is 7.64. The van der Waals surface area contributed by atoms with Crippen molar-refractivity contribution in [1.82, 2.24) is 0 Å². The van der Waals surface area contributed by atoms with E-state index >= 15 is 0 Å². The molecule has 0 saturated carbocycles. The summed E-state index contributed by atoms with van der Waals surface area (Å²) in [6.45, 7) is 15.4. The van der Waals surface area contributed by atoms with Gasteiger partial charge in [-0.2, -0.15) is 0 Å². The van der Waals surface area contributed by atoms with Gasteiger partial charge in [-0.1, -0.05) is 57.3 Å². The molecule has 0 N–H and O–H groups in total. The molecule has 1 saturated heterocycles. The third-order valence-electron chi connectivity index (χ3n) is 5.78. The number of rotatable bonds is 4. The Morgan fingerprint density at radius 3 is 2.60 bits per heavy atom. The first-order valence-electron chi connectivity index (χ1n) is 9.59. The number of fused-ring (bicyclic) bond motifs is 1. The first-order valence-corrected chi connectivity index (χ1v) is 13.1. The van der Waals surface area contributed by atoms with Crippen LogP contribution in [-0.4, -0.2) is 26.6 Å². The molecule has 2 aliphatic rings. The van der Waals surface area contributed by atoms with Crippen molar-refractivity contribution in [3.63, 3.8) is 0 Å². The molecule has 2 rings (SSSR count). The molecule has 138 valence electrons. The number of aldehydes is 1. The van der Waals surface area contributed by atoms with Gasteiger partial charge in [0, 0.05) is 12.3 Å². The third kappa shape index (κ3) is 3.86. The predicted octanol–water partition coefficient (Wildman–Crippen LogP) is 5.02. The van der Waals surface area contributed by atoms with Crippen LogP contribution in [0.2, 0.25) is 19.6 Å². The molecule has 2 nitrogen and oxygen atoms in total. The average Bonchev–Trinajstić information content (AvgIpc) is 2.82. The molecule has 25 heavy (non-hydrogen) atoms. The lowest BCUT2D eigenvalue weighted by Crippen LogP contribution is -2.46. The number of ether oxygens (including phenoxy) is 1. The molecule has 0 aromatic rings. The second-order valence-corrected chi connectivity index (χ2v) is 13.7. The van der Waals surface area contributed by atoms with Crippen molar-refractivity contribution < 1.29 is 9.53 Å². The summed E-state index contributed by atoms with van der Waals surface area (Å²) in [5.74, 6) is 4.56. The minimum Gasteiger partial charge on any atom is -0.368 e. The average molecular weight is 359 g/mol. The van der Waals surface area contributed by atoms with Crippen LogP contribution in [-0.2, 0) is 9.53 Å². The Morgan fingerprint density at radius 2 is 2.08 bits per heavy atom. The van der Waals surface area contributed by atoms with Crippen LogP contribution in [0.4, 0.5) is 0 Å². The molecule has 0 aromatic heterocycles. The van der Waals surface area contributed by atoms with Crippen molar-refractivity contribution in [3.05, 3.63) is 23.8 Å². The largest absolute Gasteiger partial charge is 0.368 e. The van der Waals surface area contributed by atoms with Crippen molar-refractivity contribution in [2.45, 2.75) is 72.4 Å². The van der Waals surface area contributed by atoms with Gasteiger partial charge in [0.05, 0.1) is 17.6 Å². The van der Waals surface area contributed by atoms with Crippen LogP contribution >= 0.6 is 0 Å². The van der Waals surface area contributed by atoms with Gasteiger partial charge >= 0.3 is 0 Å². The van der Waals surface area contributed by atoms with E-state index in [1.54, 1.807) is 0 Å². The quantitative estimate of drug-likeness (QED) is 0.305. The van der Waals surface area contributed by atoms with Crippen LogP contribution in [0.3, 0.4) is 0 Å². The van der Waals surface area contributed by atoms with Crippen molar-refractivity contribution >= 4 is 14.4 Å². The fourth-order valence-electron chi connectivity index (χ4n) is 4.54. The maximum absolute atomic E-state index is 12.5. The molecule has 1 aliphatic heterocycles. The lowest BCUT2D eigenvalue weighted by atomic mass is 9.57. The molecule has 0 amide bonds. The monoisotopic (exact) mass is 358 g/mol. The van der Waals surface area contributed by atoms with Crippen LogP contribution in [0.15, 0.2) is 23.8 Å². The van der Waals surface area contributed by atoms with Crippen molar-refractivity contribution in [2.75, 3.05) is 0 Å². The first-order chi connectivity index (χ1) is 11.7. The molecule has 1 aliphatic carbocycles. The van der Waals surface area contributed by atoms with Crippen molar-refractivity contribution in [1.29, 1.82) is 0 Å². The Kier molecular flexibility index (Phi) is 6.17. The predicted molar refractivity (Wildman–Crippen MR) is 108 cm³/mol. The number of allylic oxidation sites excluding steroid dienone is 2. The molecule has 0 aromatic carbocycles. The molecule has 1 heterocycles. The number of hydrogen-bond donors (Lipinski definition) is 0. The summed E-state index contributed by atoms with van der Waals surface area (Å²) in [7, 11) is -1.42. The molecule has 0 radical (unpaired) electrons. The van der Waals surface area contributed by atoms with Gasteiger partial charge in [0.2, 0.25) is 0 Å². The highest BCUT2D eigenvalue weighted by molar-refractivity contribution is 6.83. The fourth-order valence-corrected chi connectivity index (χ4v) is 5.17. The van der Waals surface area contributed by atoms with E-state index in [1.165, 1.54) is 11.9 Å². The van der Waals surface area contributed by atoms with Crippen LogP contribution in [0.25, 0.3) is 0 Å². The lowest BCUT2D eigenvalue weighted by molar-refractivity contribution is -0.119. The van der Waals surface area contributed by atoms with E-state index < -0.39 is 13.5 Å². The summed E-state index contributed by atoms with van der Waals surface area (Å²) in [6.07, 6.45) is 9.20. The van der Waals surface area contributed by atoms with E-state index in [9.17, 15) is 4.79 Å². The number of carbonyl (C=O) groups is 1. The van der Waals surface area contributed by atoms with Gasteiger partial charge in [0.15, 0.2) is 0 Å². The van der Waals surface area contributed by atoms with Crippen LogP contribution < -0.4 is 0 Å². The van der Waals surface area contributed by atoms with E-state index in [0.717, 1.165) is 6.42 Å². The van der Waals surface area contributed by atoms with Gasteiger partial charge in [-0.15, -0.1) is 11.5 Å². The zero-order chi connectivity index (χ0) is 18.8. The number of hydrogen-bond acceptors (Lipinski definition) is 2. The molecule has 0 bridgehead atoms. The third-order valence-corrected chi connectivity index (χ3v) is 6.71. The smallest absolute Gasteiger partial charge is 0.133 e. The maximum Gasteiger partial charge on any atom is 0.133 e. The zero-order valence-corrected chi connectivity index (χ0v) is 17.9. The SMILES string of the molecule is C/C=C/[C@@H]1O[C@H](CC#C[Si](C)(C)C)[C@@]2(C=O)C(C)=CC[C@H](C(C)C)[C@@H]12. The minimum absolute atomic E-state index is 0.00457. The summed E-state index contributed by atoms with van der Waals surface area (Å²) in [6, 6.07) is 0. The molecule has 1 fully saturated rings. The maximum atomic E-state index is 12.5. The lowest BCUT2D eigenvalue weighted by Gasteiger charge is -2.43. The second-order valence-electron chi connectivity index (χ2n) is 8.98. The van der Waals surface area contributed by atoms with Gasteiger partial charge in [-0.05, 0) is 32.1 Å². The number of carbonyl (C=O) groups excluding carboxylic acids is 1. The van der Waals surface area contributed by atoms with E-state index in [0.29, 0.717) is 18.3 Å². The topological polar surface area (TPSA) is 26.3 Å². The fraction of sp³-hybridized carbons (Fsp3) is 0.682. The van der Waals surface area contributed by atoms with Gasteiger partial charge in [-0.25, -0.2) is 0 Å². The Bertz CT molecular complexity index is 614. The zero-order valence-electron chi connectivity index (χ0n) is 16.9. The van der Waals surface area contributed by atoms with Crippen LogP contribution in [0.5, 0.6) is 0 Å². The summed E-state index contributed by atoms with van der Waals surface area (Å²) < 4.78 is 6.46. The summed E-state index contributed by atoms with van der Waals surface area (Å²) in [5.41, 5.74) is 4.09. The van der Waals surface area contributed by atoms with Crippen molar-refractivity contribution in [3.8, 4) is 11.5 Å². The molecule has 0 spiro atoms. The van der Waals surface area contributed by atoms with Crippen LogP contribution in [0, 0.1) is 34.6 Å². The summed E-state index contributed by atoms with van der Waals surface area (Å²) >= 11 is 0. The molecule has 3 heteroatoms. The highest BCUT2D eigenvalue weighted by atomic mass is 28.3. The highest BCUT2D eigenvalue weighted by Gasteiger charge is 2.60. The van der Waals surface area contributed by atoms with Gasteiger partial charge in [0.25, 0.3) is 0 Å². The van der Waals surface area contributed by atoms with Gasteiger partial charge < -0.3 is 9.53 Å². The highest BCUT2D eigenvalue weighted by Crippen LogP contribution is 2.56. The molecule has 0 unspecified atom stereocenters. The summed E-state index contributed by atoms with van der Waals surface area (Å²) in [4.78, 5) is 12.5. The standard InChI is InChI=1S/C22H34O2Si/c1-8-10-19-21-18(16(2)3)13-12-17(4)22(21,15-23)20(24-19)11-9-14-25(5,6)7/h8,10,12,15-16,18-21H,11,13H2,1-7H3/b10-8+/t18-,19+,20-,21+,22-/m1/s1. The van der Waals surface area contributed by atoms with E-state index in [-0.39, 0.29) is 18.1 Å². The normalized spacial score (nSPS) is 35.3. The molecule has 5 atom stereocenters. The van der Waals surface area contributed by atoms with Crippen LogP contribution in [0.1, 0.15) is 40.5 Å². The van der Waals surface area contributed by atoms with E-state index in [1.807, 2.05) is 6.92 Å². The summed E-state index contributed by atoms with van der Waals surface area (Å²) in [5, 5.41) is 0. The molecular weight excluding hydrogens is 324 g/mol. The van der Waals surface area contributed by atoms with Gasteiger partial charge in [0.1, 0.15) is 14.4 Å².